The van der Waals surface area contributed by atoms with Crippen LogP contribution < -0.4 is 0 Å². The topological polar surface area (TPSA) is 18.5 Å². The van der Waals surface area contributed by atoms with Crippen LogP contribution in [0.15, 0.2) is 0 Å². The van der Waals surface area contributed by atoms with E-state index in [9.17, 15) is 0 Å². The van der Waals surface area contributed by atoms with E-state index in [1.807, 2.05) is 13.8 Å². The van der Waals surface area contributed by atoms with Crippen molar-refractivity contribution < 1.29 is 9.47 Å². The fourth-order valence-electron chi connectivity index (χ4n) is 2.10. The van der Waals surface area contributed by atoms with E-state index in [2.05, 4.69) is 13.8 Å². The van der Waals surface area contributed by atoms with Crippen LogP contribution in [0.2, 0.25) is 0 Å². The minimum absolute atomic E-state index is 0.00985. The zero-order chi connectivity index (χ0) is 12.9. The van der Waals surface area contributed by atoms with Gasteiger partial charge in [0.25, 0.3) is 0 Å². The molecule has 0 aromatic carbocycles. The highest BCUT2D eigenvalue weighted by Gasteiger charge is 2.12. The first-order valence-electron chi connectivity index (χ1n) is 7.47. The average molecular weight is 244 g/mol. The molecule has 0 spiro atoms. The summed E-state index contributed by atoms with van der Waals surface area (Å²) in [5.74, 6) is 0.708. The minimum Gasteiger partial charge on any atom is -0.353 e. The van der Waals surface area contributed by atoms with E-state index in [0.717, 1.165) is 19.6 Å². The summed E-state index contributed by atoms with van der Waals surface area (Å²) in [6.45, 7) is 10.1. The number of hydrogen-bond acceptors (Lipinski definition) is 2. The SMILES string of the molecule is CCCCCCCC(C)CC(OCC)OCC. The number of ether oxygens (including phenoxy) is 2. The van der Waals surface area contributed by atoms with Crippen LogP contribution in [0, 0.1) is 5.92 Å². The predicted molar refractivity (Wildman–Crippen MR) is 74.2 cm³/mol. The third kappa shape index (κ3) is 10.8. The van der Waals surface area contributed by atoms with E-state index in [0.29, 0.717) is 5.92 Å². The molecule has 0 bridgehead atoms. The molecule has 0 aliphatic carbocycles. The molecule has 0 fully saturated rings. The fourth-order valence-corrected chi connectivity index (χ4v) is 2.10. The molecule has 17 heavy (non-hydrogen) atoms. The van der Waals surface area contributed by atoms with Crippen molar-refractivity contribution in [1.82, 2.24) is 0 Å². The van der Waals surface area contributed by atoms with E-state index >= 15 is 0 Å². The summed E-state index contributed by atoms with van der Waals surface area (Å²) in [7, 11) is 0. The summed E-state index contributed by atoms with van der Waals surface area (Å²) in [5.41, 5.74) is 0. The van der Waals surface area contributed by atoms with Crippen molar-refractivity contribution in [2.45, 2.75) is 78.9 Å². The lowest BCUT2D eigenvalue weighted by Crippen LogP contribution is -2.20. The Balaban J connectivity index is 3.55. The molecule has 0 amide bonds. The number of rotatable bonds is 12. The Hall–Kier alpha value is -0.0800. The summed E-state index contributed by atoms with van der Waals surface area (Å²) in [6, 6.07) is 0. The standard InChI is InChI=1S/C15H32O2/c1-5-8-9-10-11-12-14(4)13-15(16-6-2)17-7-3/h14-15H,5-13H2,1-4H3. The molecular weight excluding hydrogens is 212 g/mol. The first-order valence-corrected chi connectivity index (χ1v) is 7.47. The van der Waals surface area contributed by atoms with Crippen molar-refractivity contribution in [3.05, 3.63) is 0 Å². The van der Waals surface area contributed by atoms with Gasteiger partial charge in [-0.1, -0.05) is 52.4 Å². The molecule has 0 aliphatic rings. The van der Waals surface area contributed by atoms with Gasteiger partial charge in [0, 0.05) is 19.6 Å². The van der Waals surface area contributed by atoms with Gasteiger partial charge in [-0.2, -0.15) is 0 Å². The number of hydrogen-bond donors (Lipinski definition) is 0. The van der Waals surface area contributed by atoms with E-state index in [1.54, 1.807) is 0 Å². The first kappa shape index (κ1) is 16.9. The summed E-state index contributed by atoms with van der Waals surface area (Å²) < 4.78 is 11.2. The maximum atomic E-state index is 5.58. The second-order valence-corrected chi connectivity index (χ2v) is 4.88. The van der Waals surface area contributed by atoms with E-state index in [-0.39, 0.29) is 6.29 Å². The molecule has 104 valence electrons. The summed E-state index contributed by atoms with van der Waals surface area (Å²) in [6.07, 6.45) is 9.19. The van der Waals surface area contributed by atoms with Gasteiger partial charge in [0.05, 0.1) is 0 Å². The maximum Gasteiger partial charge on any atom is 0.157 e. The van der Waals surface area contributed by atoms with Crippen LogP contribution in [-0.2, 0) is 9.47 Å². The first-order chi connectivity index (χ1) is 8.24. The van der Waals surface area contributed by atoms with Crippen LogP contribution in [0.5, 0.6) is 0 Å². The highest BCUT2D eigenvalue weighted by Crippen LogP contribution is 2.18. The Kier molecular flexibility index (Phi) is 12.3. The van der Waals surface area contributed by atoms with Gasteiger partial charge >= 0.3 is 0 Å². The van der Waals surface area contributed by atoms with Crippen molar-refractivity contribution in [3.63, 3.8) is 0 Å². The van der Waals surface area contributed by atoms with E-state index in [1.165, 1.54) is 38.5 Å². The quantitative estimate of drug-likeness (QED) is 0.363. The normalized spacial score (nSPS) is 13.2. The highest BCUT2D eigenvalue weighted by atomic mass is 16.7. The predicted octanol–water partition coefficient (Wildman–Crippen LogP) is 4.77. The molecule has 2 heteroatoms. The molecule has 0 aromatic heterocycles. The third-order valence-electron chi connectivity index (χ3n) is 3.10. The maximum absolute atomic E-state index is 5.58. The van der Waals surface area contributed by atoms with Gasteiger partial charge in [0.15, 0.2) is 6.29 Å². The van der Waals surface area contributed by atoms with Crippen LogP contribution >= 0.6 is 0 Å². The van der Waals surface area contributed by atoms with Crippen molar-refractivity contribution in [3.8, 4) is 0 Å². The lowest BCUT2D eigenvalue weighted by Gasteiger charge is -2.20. The van der Waals surface area contributed by atoms with Crippen LogP contribution in [0.25, 0.3) is 0 Å². The lowest BCUT2D eigenvalue weighted by molar-refractivity contribution is -0.145. The highest BCUT2D eigenvalue weighted by molar-refractivity contribution is 4.57. The molecule has 0 heterocycles. The Morgan fingerprint density at radius 3 is 1.94 bits per heavy atom. The van der Waals surface area contributed by atoms with Gasteiger partial charge in [-0.15, -0.1) is 0 Å². The molecule has 0 aromatic rings. The second-order valence-electron chi connectivity index (χ2n) is 4.88. The van der Waals surface area contributed by atoms with E-state index < -0.39 is 0 Å². The van der Waals surface area contributed by atoms with Gasteiger partial charge in [-0.25, -0.2) is 0 Å². The number of unbranched alkanes of at least 4 members (excludes halogenated alkanes) is 4. The van der Waals surface area contributed by atoms with Gasteiger partial charge in [-0.05, 0) is 19.8 Å². The van der Waals surface area contributed by atoms with Crippen molar-refractivity contribution >= 4 is 0 Å². The Morgan fingerprint density at radius 2 is 1.41 bits per heavy atom. The molecule has 1 unspecified atom stereocenters. The largest absolute Gasteiger partial charge is 0.353 e. The molecule has 2 nitrogen and oxygen atoms in total. The minimum atomic E-state index is 0.00985. The molecule has 0 saturated heterocycles. The monoisotopic (exact) mass is 244 g/mol. The Bertz CT molecular complexity index is 142. The third-order valence-corrected chi connectivity index (χ3v) is 3.10. The van der Waals surface area contributed by atoms with Crippen LogP contribution in [0.4, 0.5) is 0 Å². The van der Waals surface area contributed by atoms with Crippen molar-refractivity contribution in [1.29, 1.82) is 0 Å². The Morgan fingerprint density at radius 1 is 0.824 bits per heavy atom. The Labute approximate surface area is 108 Å². The summed E-state index contributed by atoms with van der Waals surface area (Å²) in [4.78, 5) is 0. The summed E-state index contributed by atoms with van der Waals surface area (Å²) >= 11 is 0. The second kappa shape index (κ2) is 12.4. The van der Waals surface area contributed by atoms with Crippen LogP contribution in [-0.4, -0.2) is 19.5 Å². The summed E-state index contributed by atoms with van der Waals surface area (Å²) in [5, 5.41) is 0. The molecule has 0 rings (SSSR count). The molecule has 1 atom stereocenters. The van der Waals surface area contributed by atoms with Gasteiger partial charge in [0.2, 0.25) is 0 Å². The fraction of sp³-hybridized carbons (Fsp3) is 1.00. The molecule has 0 N–H and O–H groups in total. The molecule has 0 saturated carbocycles. The molecule has 0 radical (unpaired) electrons. The smallest absolute Gasteiger partial charge is 0.157 e. The zero-order valence-electron chi connectivity index (χ0n) is 12.3. The average Bonchev–Trinajstić information content (AvgIpc) is 2.29. The van der Waals surface area contributed by atoms with Gasteiger partial charge < -0.3 is 9.47 Å². The van der Waals surface area contributed by atoms with Crippen LogP contribution in [0.3, 0.4) is 0 Å². The van der Waals surface area contributed by atoms with Crippen molar-refractivity contribution in [2.24, 2.45) is 5.92 Å². The lowest BCUT2D eigenvalue weighted by atomic mass is 9.99. The molecule has 0 aliphatic heterocycles. The zero-order valence-corrected chi connectivity index (χ0v) is 12.3. The van der Waals surface area contributed by atoms with E-state index in [4.69, 9.17) is 9.47 Å². The molecular formula is C15H32O2. The van der Waals surface area contributed by atoms with Crippen LogP contribution in [0.1, 0.15) is 72.6 Å². The van der Waals surface area contributed by atoms with Gasteiger partial charge in [0.1, 0.15) is 0 Å². The van der Waals surface area contributed by atoms with Crippen molar-refractivity contribution in [2.75, 3.05) is 13.2 Å². The van der Waals surface area contributed by atoms with Gasteiger partial charge in [-0.3, -0.25) is 0 Å².